The van der Waals surface area contributed by atoms with Crippen LogP contribution in [0.2, 0.25) is 0 Å². The summed E-state index contributed by atoms with van der Waals surface area (Å²) in [6, 6.07) is 1.62. The molecule has 1 amide bonds. The van der Waals surface area contributed by atoms with Crippen molar-refractivity contribution in [1.29, 1.82) is 0 Å². The van der Waals surface area contributed by atoms with E-state index in [1.165, 1.54) is 25.7 Å². The summed E-state index contributed by atoms with van der Waals surface area (Å²) in [5.74, 6) is 0.948. The Morgan fingerprint density at radius 2 is 2.06 bits per heavy atom. The van der Waals surface area contributed by atoms with Crippen LogP contribution in [0.15, 0.2) is 0 Å². The Morgan fingerprint density at radius 1 is 1.33 bits per heavy atom. The Balaban J connectivity index is 1.54. The molecule has 3 heterocycles. The highest BCUT2D eigenvalue weighted by atomic mass is 16.5. The number of rotatable bonds is 2. The number of ether oxygens (including phenoxy) is 1. The average Bonchev–Trinajstić information content (AvgIpc) is 2.69. The molecule has 2 unspecified atom stereocenters. The van der Waals surface area contributed by atoms with Crippen LogP contribution in [0.4, 0.5) is 0 Å². The standard InChI is InChI=1S/C14H24N2O2/c1-10-9-18-5-4-16(10)14(17)8-11-6-12-2-3-13(7-11)15-12/h10-13,15H,2-9H2,1H3/t10-,11?,12?,13?/m1/s1. The molecule has 3 atom stereocenters. The van der Waals surface area contributed by atoms with Crippen LogP contribution < -0.4 is 5.32 Å². The molecule has 18 heavy (non-hydrogen) atoms. The van der Waals surface area contributed by atoms with Crippen molar-refractivity contribution >= 4 is 5.91 Å². The van der Waals surface area contributed by atoms with E-state index < -0.39 is 0 Å². The molecule has 1 N–H and O–H groups in total. The molecule has 3 rings (SSSR count). The van der Waals surface area contributed by atoms with Crippen LogP contribution in [0.5, 0.6) is 0 Å². The molecule has 4 heteroatoms. The summed E-state index contributed by atoms with van der Waals surface area (Å²) in [4.78, 5) is 14.4. The topological polar surface area (TPSA) is 41.6 Å². The summed E-state index contributed by atoms with van der Waals surface area (Å²) in [6.07, 6.45) is 5.76. The van der Waals surface area contributed by atoms with E-state index in [0.29, 0.717) is 37.1 Å². The fourth-order valence-electron chi connectivity index (χ4n) is 3.80. The van der Waals surface area contributed by atoms with Gasteiger partial charge in [0.05, 0.1) is 19.3 Å². The molecular weight excluding hydrogens is 228 g/mol. The minimum atomic E-state index is 0.254. The van der Waals surface area contributed by atoms with Crippen molar-refractivity contribution in [3.05, 3.63) is 0 Å². The highest BCUT2D eigenvalue weighted by molar-refractivity contribution is 5.77. The van der Waals surface area contributed by atoms with Crippen molar-refractivity contribution < 1.29 is 9.53 Å². The SMILES string of the molecule is C[C@@H]1COCCN1C(=O)CC1CC2CCC(C1)N2. The van der Waals surface area contributed by atoms with Gasteiger partial charge in [-0.05, 0) is 38.5 Å². The van der Waals surface area contributed by atoms with Crippen molar-refractivity contribution in [1.82, 2.24) is 10.2 Å². The van der Waals surface area contributed by atoms with E-state index in [-0.39, 0.29) is 6.04 Å². The van der Waals surface area contributed by atoms with Crippen LogP contribution in [0, 0.1) is 5.92 Å². The van der Waals surface area contributed by atoms with Gasteiger partial charge in [-0.1, -0.05) is 0 Å². The lowest BCUT2D eigenvalue weighted by Gasteiger charge is -2.35. The first-order valence-corrected chi connectivity index (χ1v) is 7.35. The third-order valence-corrected chi connectivity index (χ3v) is 4.72. The van der Waals surface area contributed by atoms with E-state index in [4.69, 9.17) is 4.74 Å². The van der Waals surface area contributed by atoms with Gasteiger partial charge in [0.15, 0.2) is 0 Å². The molecule has 102 valence electrons. The molecule has 0 spiro atoms. The third-order valence-electron chi connectivity index (χ3n) is 4.72. The Bertz CT molecular complexity index is 309. The van der Waals surface area contributed by atoms with Gasteiger partial charge in [-0.25, -0.2) is 0 Å². The zero-order chi connectivity index (χ0) is 12.5. The fourth-order valence-corrected chi connectivity index (χ4v) is 3.80. The molecule has 0 aromatic carbocycles. The lowest BCUT2D eigenvalue weighted by atomic mass is 9.89. The number of hydrogen-bond acceptors (Lipinski definition) is 3. The van der Waals surface area contributed by atoms with Gasteiger partial charge >= 0.3 is 0 Å². The van der Waals surface area contributed by atoms with Gasteiger partial charge in [0, 0.05) is 25.0 Å². The molecule has 3 aliphatic heterocycles. The van der Waals surface area contributed by atoms with Crippen LogP contribution in [0.3, 0.4) is 0 Å². The van der Waals surface area contributed by atoms with E-state index in [2.05, 4.69) is 12.2 Å². The number of carbonyl (C=O) groups excluding carboxylic acids is 1. The lowest BCUT2D eigenvalue weighted by Crippen LogP contribution is -2.48. The summed E-state index contributed by atoms with van der Waals surface area (Å²) in [5.41, 5.74) is 0. The van der Waals surface area contributed by atoms with Gasteiger partial charge in [0.2, 0.25) is 5.91 Å². The Hall–Kier alpha value is -0.610. The largest absolute Gasteiger partial charge is 0.377 e. The second-order valence-electron chi connectivity index (χ2n) is 6.19. The first kappa shape index (κ1) is 12.4. The van der Waals surface area contributed by atoms with Gasteiger partial charge in [0.1, 0.15) is 0 Å². The highest BCUT2D eigenvalue weighted by Gasteiger charge is 2.35. The number of nitrogens with zero attached hydrogens (tertiary/aromatic N) is 1. The van der Waals surface area contributed by atoms with Crippen LogP contribution in [-0.4, -0.2) is 48.7 Å². The molecule has 0 radical (unpaired) electrons. The van der Waals surface area contributed by atoms with Crippen LogP contribution in [0.25, 0.3) is 0 Å². The van der Waals surface area contributed by atoms with Crippen molar-refractivity contribution in [2.45, 2.75) is 57.2 Å². The molecule has 0 saturated carbocycles. The molecule has 0 aromatic heterocycles. The lowest BCUT2D eigenvalue weighted by molar-refractivity contribution is -0.140. The number of carbonyl (C=O) groups is 1. The Morgan fingerprint density at radius 3 is 2.72 bits per heavy atom. The van der Waals surface area contributed by atoms with E-state index in [9.17, 15) is 4.79 Å². The molecule has 3 aliphatic rings. The minimum Gasteiger partial charge on any atom is -0.377 e. The number of fused-ring (bicyclic) bond motifs is 2. The van der Waals surface area contributed by atoms with Crippen LogP contribution in [-0.2, 0) is 9.53 Å². The van der Waals surface area contributed by atoms with Crippen molar-refractivity contribution in [3.63, 3.8) is 0 Å². The zero-order valence-corrected chi connectivity index (χ0v) is 11.2. The Kier molecular flexibility index (Phi) is 3.57. The van der Waals surface area contributed by atoms with E-state index in [1.54, 1.807) is 0 Å². The van der Waals surface area contributed by atoms with Crippen molar-refractivity contribution in [3.8, 4) is 0 Å². The predicted molar refractivity (Wildman–Crippen MR) is 69.3 cm³/mol. The van der Waals surface area contributed by atoms with E-state index in [1.807, 2.05) is 4.90 Å². The monoisotopic (exact) mass is 252 g/mol. The van der Waals surface area contributed by atoms with Gasteiger partial charge in [0.25, 0.3) is 0 Å². The van der Waals surface area contributed by atoms with Crippen molar-refractivity contribution in [2.24, 2.45) is 5.92 Å². The Labute approximate surface area is 109 Å². The van der Waals surface area contributed by atoms with Crippen LogP contribution >= 0.6 is 0 Å². The summed E-state index contributed by atoms with van der Waals surface area (Å²) in [7, 11) is 0. The first-order valence-electron chi connectivity index (χ1n) is 7.35. The molecule has 0 aromatic rings. The zero-order valence-electron chi connectivity index (χ0n) is 11.2. The minimum absolute atomic E-state index is 0.254. The van der Waals surface area contributed by atoms with E-state index in [0.717, 1.165) is 13.0 Å². The third kappa shape index (κ3) is 2.54. The summed E-state index contributed by atoms with van der Waals surface area (Å²) in [5, 5.41) is 3.64. The summed E-state index contributed by atoms with van der Waals surface area (Å²) >= 11 is 0. The summed E-state index contributed by atoms with van der Waals surface area (Å²) in [6.45, 7) is 4.26. The van der Waals surface area contributed by atoms with E-state index >= 15 is 0 Å². The normalized spacial score (nSPS) is 39.9. The predicted octanol–water partition coefficient (Wildman–Crippen LogP) is 1.15. The molecule has 3 saturated heterocycles. The van der Waals surface area contributed by atoms with Crippen LogP contribution in [0.1, 0.15) is 39.0 Å². The summed E-state index contributed by atoms with van der Waals surface area (Å²) < 4.78 is 5.39. The maximum Gasteiger partial charge on any atom is 0.223 e. The maximum absolute atomic E-state index is 12.4. The first-order chi connectivity index (χ1) is 8.72. The smallest absolute Gasteiger partial charge is 0.223 e. The molecule has 3 fully saturated rings. The van der Waals surface area contributed by atoms with Gasteiger partial charge in [-0.2, -0.15) is 0 Å². The number of nitrogens with one attached hydrogen (secondary N) is 1. The molecule has 4 nitrogen and oxygen atoms in total. The fraction of sp³-hybridized carbons (Fsp3) is 0.929. The van der Waals surface area contributed by atoms with Gasteiger partial charge in [-0.3, -0.25) is 4.79 Å². The number of piperidine rings is 1. The average molecular weight is 252 g/mol. The molecule has 0 aliphatic carbocycles. The quantitative estimate of drug-likeness (QED) is 0.801. The molecule has 2 bridgehead atoms. The second kappa shape index (κ2) is 5.17. The molecular formula is C14H24N2O2. The number of amides is 1. The van der Waals surface area contributed by atoms with Gasteiger partial charge in [-0.15, -0.1) is 0 Å². The number of morpholine rings is 1. The van der Waals surface area contributed by atoms with Crippen molar-refractivity contribution in [2.75, 3.05) is 19.8 Å². The number of hydrogen-bond donors (Lipinski definition) is 1. The maximum atomic E-state index is 12.4. The second-order valence-corrected chi connectivity index (χ2v) is 6.19. The highest BCUT2D eigenvalue weighted by Crippen LogP contribution is 2.33. The van der Waals surface area contributed by atoms with Gasteiger partial charge < -0.3 is 15.0 Å².